The molecule has 0 unspecified atom stereocenters. The van der Waals surface area contributed by atoms with Gasteiger partial charge in [-0.3, -0.25) is 9.59 Å². The molecule has 0 aliphatic carbocycles. The van der Waals surface area contributed by atoms with Crippen molar-refractivity contribution in [3.8, 4) is 0 Å². The van der Waals surface area contributed by atoms with E-state index >= 15 is 0 Å². The summed E-state index contributed by atoms with van der Waals surface area (Å²) in [6.07, 6.45) is 16.9. The molecule has 0 aromatic carbocycles. The molecule has 4 nitrogen and oxygen atoms in total. The number of hydrogen-bond acceptors (Lipinski definition) is 4. The Hall–Kier alpha value is -1.06. The number of rotatable bonds is 20. The zero-order valence-corrected chi connectivity index (χ0v) is 18.9. The third-order valence-corrected chi connectivity index (χ3v) is 4.98. The van der Waals surface area contributed by atoms with E-state index in [1.165, 1.54) is 38.5 Å². The molecule has 0 bridgehead atoms. The van der Waals surface area contributed by atoms with E-state index in [9.17, 15) is 9.59 Å². The monoisotopic (exact) mass is 398 g/mol. The number of unbranched alkanes of at least 4 members (excludes halogenated alkanes) is 11. The van der Waals surface area contributed by atoms with Crippen molar-refractivity contribution in [1.82, 2.24) is 0 Å². The van der Waals surface area contributed by atoms with Crippen LogP contribution in [0.1, 0.15) is 124 Å². The van der Waals surface area contributed by atoms with Crippen LogP contribution < -0.4 is 0 Å². The molecule has 0 rings (SSSR count). The van der Waals surface area contributed by atoms with E-state index < -0.39 is 0 Å². The maximum absolute atomic E-state index is 11.7. The summed E-state index contributed by atoms with van der Waals surface area (Å²) in [5, 5.41) is 0. The number of hydrogen-bond donors (Lipinski definition) is 0. The molecule has 0 aromatic heterocycles. The molecule has 0 aromatic rings. The molecule has 4 heteroatoms. The average molecular weight is 399 g/mol. The van der Waals surface area contributed by atoms with Crippen molar-refractivity contribution in [2.24, 2.45) is 5.92 Å². The van der Waals surface area contributed by atoms with E-state index in [4.69, 9.17) is 9.47 Å². The van der Waals surface area contributed by atoms with Crippen LogP contribution in [0.2, 0.25) is 0 Å². The average Bonchev–Trinajstić information content (AvgIpc) is 2.65. The van der Waals surface area contributed by atoms with Gasteiger partial charge in [-0.1, -0.05) is 85.0 Å². The quantitative estimate of drug-likeness (QED) is 0.164. The van der Waals surface area contributed by atoms with Crippen LogP contribution in [0.25, 0.3) is 0 Å². The first kappa shape index (κ1) is 26.9. The largest absolute Gasteiger partial charge is 0.466 e. The molecule has 0 fully saturated rings. The SMILES string of the molecule is CCCCCCCCCOC(=O)CCCCCCCCC(=O)OCCC(C)C. The van der Waals surface area contributed by atoms with E-state index in [1.54, 1.807) is 0 Å². The van der Waals surface area contributed by atoms with Crippen LogP contribution in [-0.2, 0) is 19.1 Å². The van der Waals surface area contributed by atoms with Gasteiger partial charge in [0.15, 0.2) is 0 Å². The second-order valence-corrected chi connectivity index (χ2v) is 8.37. The van der Waals surface area contributed by atoms with Gasteiger partial charge >= 0.3 is 11.9 Å². The van der Waals surface area contributed by atoms with E-state index in [0.29, 0.717) is 32.0 Å². The fourth-order valence-electron chi connectivity index (χ4n) is 3.04. The lowest BCUT2D eigenvalue weighted by Gasteiger charge is -2.07. The maximum atomic E-state index is 11.7. The van der Waals surface area contributed by atoms with Gasteiger partial charge in [0.1, 0.15) is 0 Å². The molecule has 0 heterocycles. The highest BCUT2D eigenvalue weighted by atomic mass is 16.5. The lowest BCUT2D eigenvalue weighted by atomic mass is 10.1. The first-order valence-corrected chi connectivity index (χ1v) is 11.9. The topological polar surface area (TPSA) is 52.6 Å². The minimum Gasteiger partial charge on any atom is -0.466 e. The van der Waals surface area contributed by atoms with Crippen LogP contribution in [0.3, 0.4) is 0 Å². The molecule has 0 aliphatic rings. The van der Waals surface area contributed by atoms with E-state index in [-0.39, 0.29) is 11.9 Å². The first-order valence-electron chi connectivity index (χ1n) is 11.9. The minimum absolute atomic E-state index is 0.0462. The highest BCUT2D eigenvalue weighted by molar-refractivity contribution is 5.69. The predicted molar refractivity (Wildman–Crippen MR) is 116 cm³/mol. The second kappa shape index (κ2) is 20.7. The smallest absolute Gasteiger partial charge is 0.305 e. The van der Waals surface area contributed by atoms with Gasteiger partial charge in [-0.2, -0.15) is 0 Å². The van der Waals surface area contributed by atoms with Gasteiger partial charge in [0, 0.05) is 12.8 Å². The Bertz CT molecular complexity index is 366. The number of ether oxygens (including phenoxy) is 2. The van der Waals surface area contributed by atoms with Gasteiger partial charge in [0.2, 0.25) is 0 Å². The predicted octanol–water partition coefficient (Wildman–Crippen LogP) is 6.99. The summed E-state index contributed by atoms with van der Waals surface area (Å²) in [7, 11) is 0. The molecular weight excluding hydrogens is 352 g/mol. The molecule has 28 heavy (non-hydrogen) atoms. The Balaban J connectivity index is 3.27. The van der Waals surface area contributed by atoms with Crippen molar-refractivity contribution >= 4 is 11.9 Å². The fourth-order valence-corrected chi connectivity index (χ4v) is 3.04. The summed E-state index contributed by atoms with van der Waals surface area (Å²) in [4.78, 5) is 23.2. The van der Waals surface area contributed by atoms with Gasteiger partial charge in [-0.05, 0) is 31.6 Å². The summed E-state index contributed by atoms with van der Waals surface area (Å²) in [6.45, 7) is 7.62. The van der Waals surface area contributed by atoms with Gasteiger partial charge in [-0.25, -0.2) is 0 Å². The standard InChI is InChI=1S/C24H46O4/c1-4-5-6-7-10-13-16-20-27-23(25)17-14-11-8-9-12-15-18-24(26)28-21-19-22(2)3/h22H,4-21H2,1-3H3. The maximum Gasteiger partial charge on any atom is 0.305 e. The fraction of sp³-hybridized carbons (Fsp3) is 0.917. The molecule has 0 spiro atoms. The molecular formula is C24H46O4. The third kappa shape index (κ3) is 21.2. The normalized spacial score (nSPS) is 11.0. The summed E-state index contributed by atoms with van der Waals surface area (Å²) in [6, 6.07) is 0. The van der Waals surface area contributed by atoms with Crippen molar-refractivity contribution in [3.63, 3.8) is 0 Å². The van der Waals surface area contributed by atoms with E-state index in [1.807, 2.05) is 0 Å². The molecule has 0 amide bonds. The van der Waals surface area contributed by atoms with Crippen LogP contribution in [-0.4, -0.2) is 25.2 Å². The minimum atomic E-state index is -0.0654. The van der Waals surface area contributed by atoms with Crippen LogP contribution in [0.4, 0.5) is 0 Å². The zero-order chi connectivity index (χ0) is 20.9. The third-order valence-electron chi connectivity index (χ3n) is 4.98. The summed E-state index contributed by atoms with van der Waals surface area (Å²) >= 11 is 0. The number of esters is 2. The van der Waals surface area contributed by atoms with Gasteiger partial charge in [-0.15, -0.1) is 0 Å². The van der Waals surface area contributed by atoms with Crippen molar-refractivity contribution < 1.29 is 19.1 Å². The second-order valence-electron chi connectivity index (χ2n) is 8.37. The molecule has 0 saturated heterocycles. The molecule has 166 valence electrons. The highest BCUT2D eigenvalue weighted by Crippen LogP contribution is 2.11. The lowest BCUT2D eigenvalue weighted by molar-refractivity contribution is -0.145. The Morgan fingerprint density at radius 3 is 1.54 bits per heavy atom. The van der Waals surface area contributed by atoms with Crippen molar-refractivity contribution in [2.45, 2.75) is 124 Å². The van der Waals surface area contributed by atoms with E-state index in [2.05, 4.69) is 20.8 Å². The van der Waals surface area contributed by atoms with E-state index in [0.717, 1.165) is 51.4 Å². The molecule has 0 N–H and O–H groups in total. The van der Waals surface area contributed by atoms with Gasteiger partial charge in [0.05, 0.1) is 13.2 Å². The van der Waals surface area contributed by atoms with Crippen LogP contribution in [0.5, 0.6) is 0 Å². The summed E-state index contributed by atoms with van der Waals surface area (Å²) in [5.74, 6) is 0.463. The van der Waals surface area contributed by atoms with Crippen molar-refractivity contribution in [1.29, 1.82) is 0 Å². The summed E-state index contributed by atoms with van der Waals surface area (Å²) in [5.41, 5.74) is 0. The van der Waals surface area contributed by atoms with Crippen molar-refractivity contribution in [2.75, 3.05) is 13.2 Å². The van der Waals surface area contributed by atoms with Crippen LogP contribution in [0.15, 0.2) is 0 Å². The Kier molecular flexibility index (Phi) is 19.9. The van der Waals surface area contributed by atoms with Gasteiger partial charge < -0.3 is 9.47 Å². The molecule has 0 aliphatic heterocycles. The number of carbonyl (C=O) groups is 2. The Morgan fingerprint density at radius 1 is 0.607 bits per heavy atom. The van der Waals surface area contributed by atoms with Crippen LogP contribution >= 0.6 is 0 Å². The van der Waals surface area contributed by atoms with Crippen LogP contribution in [0, 0.1) is 5.92 Å². The zero-order valence-electron chi connectivity index (χ0n) is 18.9. The Labute approximate surface area is 174 Å². The van der Waals surface area contributed by atoms with Crippen molar-refractivity contribution in [3.05, 3.63) is 0 Å². The first-order chi connectivity index (χ1) is 13.6. The Morgan fingerprint density at radius 2 is 1.04 bits per heavy atom. The molecule has 0 atom stereocenters. The number of carbonyl (C=O) groups excluding carboxylic acids is 2. The lowest BCUT2D eigenvalue weighted by Crippen LogP contribution is -2.07. The van der Waals surface area contributed by atoms with Gasteiger partial charge in [0.25, 0.3) is 0 Å². The highest BCUT2D eigenvalue weighted by Gasteiger charge is 2.04. The summed E-state index contributed by atoms with van der Waals surface area (Å²) < 4.78 is 10.5. The molecule has 0 saturated carbocycles. The molecule has 0 radical (unpaired) electrons.